The molecule has 5 heterocycles. The van der Waals surface area contributed by atoms with Crippen LogP contribution in [0.3, 0.4) is 0 Å². The topological polar surface area (TPSA) is 130 Å². The van der Waals surface area contributed by atoms with Crippen molar-refractivity contribution in [2.75, 3.05) is 43.4 Å². The summed E-state index contributed by atoms with van der Waals surface area (Å²) >= 11 is 0. The molecule has 49 heavy (non-hydrogen) atoms. The Morgan fingerprint density at radius 1 is 1.04 bits per heavy atom. The zero-order chi connectivity index (χ0) is 34.3. The summed E-state index contributed by atoms with van der Waals surface area (Å²) in [7, 11) is 1.76. The first-order valence-electron chi connectivity index (χ1n) is 16.3. The predicted molar refractivity (Wildman–Crippen MR) is 186 cm³/mol. The van der Waals surface area contributed by atoms with E-state index in [0.717, 1.165) is 53.1 Å². The first-order chi connectivity index (χ1) is 23.6. The number of ether oxygens (including phenoxy) is 3. The van der Waals surface area contributed by atoms with Crippen molar-refractivity contribution in [2.24, 2.45) is 7.05 Å². The van der Waals surface area contributed by atoms with Crippen molar-refractivity contribution in [3.63, 3.8) is 0 Å². The van der Waals surface area contributed by atoms with E-state index in [-0.39, 0.29) is 6.23 Å². The van der Waals surface area contributed by atoms with Crippen LogP contribution in [-0.2, 0) is 34.6 Å². The summed E-state index contributed by atoms with van der Waals surface area (Å²) in [6.07, 6.45) is 8.38. The first-order valence-corrected chi connectivity index (χ1v) is 18.2. The number of aromatic nitrogens is 6. The quantitative estimate of drug-likeness (QED) is 0.184. The Hall–Kier alpha value is -4.95. The molecule has 0 radical (unpaired) electrons. The Kier molecular flexibility index (Phi) is 8.75. The highest BCUT2D eigenvalue weighted by molar-refractivity contribution is 7.90. The molecule has 1 atom stereocenters. The fourth-order valence-corrected chi connectivity index (χ4v) is 7.14. The Morgan fingerprint density at radius 2 is 1.86 bits per heavy atom. The normalized spacial score (nSPS) is 16.1. The van der Waals surface area contributed by atoms with E-state index in [9.17, 15) is 8.42 Å². The monoisotopic (exact) mass is 684 g/mol. The van der Waals surface area contributed by atoms with E-state index >= 15 is 0 Å². The summed E-state index contributed by atoms with van der Waals surface area (Å²) in [5, 5.41) is 9.53. The number of nitrogens with zero attached hydrogens (tertiary/aromatic N) is 8. The molecule has 2 aromatic carbocycles. The van der Waals surface area contributed by atoms with E-state index in [2.05, 4.69) is 5.10 Å². The fraction of sp³-hybridized carbons (Fsp3) is 0.371. The van der Waals surface area contributed by atoms with Gasteiger partial charge in [0.05, 0.1) is 31.9 Å². The smallest absolute Gasteiger partial charge is 0.232 e. The number of benzene rings is 2. The third-order valence-electron chi connectivity index (χ3n) is 9.00. The maximum atomic E-state index is 12.3. The van der Waals surface area contributed by atoms with Gasteiger partial charge in [-0.25, -0.2) is 18.1 Å². The van der Waals surface area contributed by atoms with Crippen LogP contribution >= 0.6 is 0 Å². The highest BCUT2D eigenvalue weighted by Crippen LogP contribution is 2.43. The molecule has 2 aliphatic rings. The molecule has 3 aromatic heterocycles. The SMILES string of the molecule is COc1ccc(CN(c2cc(C)n(C3CCCCO3)n2)c2nc(N3CCc4cc(S(C)(=O)=O)ccc43)nc(-c3cnn(C)c3)c2OC)cc1. The van der Waals surface area contributed by atoms with Crippen molar-refractivity contribution < 1.29 is 22.6 Å². The number of anilines is 4. The first kappa shape index (κ1) is 32.6. The molecular formula is C35H40N8O5S. The molecular weight excluding hydrogens is 645 g/mol. The molecule has 0 bridgehead atoms. The van der Waals surface area contributed by atoms with Crippen molar-refractivity contribution in [1.82, 2.24) is 29.5 Å². The van der Waals surface area contributed by atoms with Gasteiger partial charge >= 0.3 is 0 Å². The molecule has 0 saturated carbocycles. The van der Waals surface area contributed by atoms with Crippen LogP contribution in [0.5, 0.6) is 11.5 Å². The van der Waals surface area contributed by atoms with Gasteiger partial charge < -0.3 is 24.0 Å². The van der Waals surface area contributed by atoms with Gasteiger partial charge in [-0.1, -0.05) is 12.1 Å². The van der Waals surface area contributed by atoms with Gasteiger partial charge in [0.1, 0.15) is 11.4 Å². The summed E-state index contributed by atoms with van der Waals surface area (Å²) in [5.74, 6) is 2.89. The summed E-state index contributed by atoms with van der Waals surface area (Å²) < 4.78 is 46.1. The molecule has 7 rings (SSSR count). The molecule has 2 aliphatic heterocycles. The van der Waals surface area contributed by atoms with Gasteiger partial charge in [0.15, 0.2) is 33.5 Å². The molecule has 0 N–H and O–H groups in total. The van der Waals surface area contributed by atoms with E-state index in [4.69, 9.17) is 29.3 Å². The lowest BCUT2D eigenvalue weighted by Crippen LogP contribution is -2.24. The van der Waals surface area contributed by atoms with Gasteiger partial charge in [-0.3, -0.25) is 4.68 Å². The number of methoxy groups -OCH3 is 2. The lowest BCUT2D eigenvalue weighted by atomic mass is 10.1. The van der Waals surface area contributed by atoms with Gasteiger partial charge in [-0.05, 0) is 74.1 Å². The fourth-order valence-electron chi connectivity index (χ4n) is 6.46. The number of sulfone groups is 1. The zero-order valence-corrected chi connectivity index (χ0v) is 29.1. The van der Waals surface area contributed by atoms with E-state index in [1.54, 1.807) is 37.2 Å². The zero-order valence-electron chi connectivity index (χ0n) is 28.3. The number of hydrogen-bond acceptors (Lipinski definition) is 11. The average Bonchev–Trinajstić information content (AvgIpc) is 3.84. The molecule has 5 aromatic rings. The van der Waals surface area contributed by atoms with Gasteiger partial charge in [-0.15, -0.1) is 0 Å². The van der Waals surface area contributed by atoms with Crippen LogP contribution in [0.25, 0.3) is 11.3 Å². The third kappa shape index (κ3) is 6.45. The minimum Gasteiger partial charge on any atom is -0.497 e. The second kappa shape index (κ2) is 13.2. The lowest BCUT2D eigenvalue weighted by molar-refractivity contribution is -0.0405. The van der Waals surface area contributed by atoms with Crippen molar-refractivity contribution in [3.05, 3.63) is 77.7 Å². The summed E-state index contributed by atoms with van der Waals surface area (Å²) in [6.45, 7) is 3.73. The summed E-state index contributed by atoms with van der Waals surface area (Å²) in [6, 6.07) is 15.2. The Balaban J connectivity index is 1.41. The molecule has 14 heteroatoms. The molecule has 1 saturated heterocycles. The Morgan fingerprint density at radius 3 is 2.53 bits per heavy atom. The van der Waals surface area contributed by atoms with Crippen molar-refractivity contribution in [3.8, 4) is 22.8 Å². The van der Waals surface area contributed by atoms with E-state index in [1.165, 1.54) is 6.26 Å². The van der Waals surface area contributed by atoms with E-state index in [0.29, 0.717) is 60.0 Å². The minimum atomic E-state index is -3.36. The van der Waals surface area contributed by atoms with Crippen LogP contribution in [0.15, 0.2) is 65.8 Å². The number of hydrogen-bond donors (Lipinski definition) is 0. The maximum Gasteiger partial charge on any atom is 0.232 e. The molecule has 1 fully saturated rings. The van der Waals surface area contributed by atoms with Gasteiger partial charge in [0.2, 0.25) is 5.95 Å². The van der Waals surface area contributed by atoms with E-state index in [1.807, 2.05) is 71.0 Å². The van der Waals surface area contributed by atoms with Crippen LogP contribution in [0.2, 0.25) is 0 Å². The highest BCUT2D eigenvalue weighted by Gasteiger charge is 2.31. The van der Waals surface area contributed by atoms with Gasteiger partial charge in [0, 0.05) is 55.7 Å². The van der Waals surface area contributed by atoms with Crippen LogP contribution in [0, 0.1) is 6.92 Å². The number of aryl methyl sites for hydroxylation is 2. The van der Waals surface area contributed by atoms with Crippen molar-refractivity contribution in [2.45, 2.75) is 50.3 Å². The Bertz CT molecular complexity index is 2090. The second-order valence-corrected chi connectivity index (χ2v) is 14.5. The maximum absolute atomic E-state index is 12.3. The van der Waals surface area contributed by atoms with Crippen LogP contribution in [0.4, 0.5) is 23.3 Å². The molecule has 256 valence electrons. The molecule has 13 nitrogen and oxygen atoms in total. The van der Waals surface area contributed by atoms with Crippen molar-refractivity contribution >= 4 is 33.1 Å². The summed E-state index contributed by atoms with van der Waals surface area (Å²) in [4.78, 5) is 14.6. The van der Waals surface area contributed by atoms with Crippen LogP contribution in [0.1, 0.15) is 42.3 Å². The number of fused-ring (bicyclic) bond motifs is 1. The lowest BCUT2D eigenvalue weighted by Gasteiger charge is -2.27. The minimum absolute atomic E-state index is 0.142. The summed E-state index contributed by atoms with van der Waals surface area (Å²) in [5.41, 5.74) is 5.09. The molecule has 0 aliphatic carbocycles. The van der Waals surface area contributed by atoms with Crippen molar-refractivity contribution in [1.29, 1.82) is 0 Å². The van der Waals surface area contributed by atoms with Crippen LogP contribution < -0.4 is 19.3 Å². The molecule has 1 unspecified atom stereocenters. The highest BCUT2D eigenvalue weighted by atomic mass is 32.2. The molecule has 0 amide bonds. The largest absolute Gasteiger partial charge is 0.497 e. The van der Waals surface area contributed by atoms with E-state index < -0.39 is 9.84 Å². The van der Waals surface area contributed by atoms with Gasteiger partial charge in [0.25, 0.3) is 0 Å². The molecule has 0 spiro atoms. The second-order valence-electron chi connectivity index (χ2n) is 12.4. The third-order valence-corrected chi connectivity index (χ3v) is 10.1. The standard InChI is InChI=1S/C35H40N8O5S/c1-23-18-30(39-43(23)31-8-6-7-17-48-31)42(21-24-9-11-27(46-3)12-10-24)34-33(47-4)32(26-20-36-40(2)22-26)37-35(38-34)41-16-15-25-19-28(49(5,44)45)13-14-29(25)41/h9-14,18-20,22,31H,6-8,15-17,21H2,1-5H3. The van der Waals surface area contributed by atoms with Crippen LogP contribution in [-0.4, -0.2) is 71.6 Å². The number of rotatable bonds is 10. The van der Waals surface area contributed by atoms with Gasteiger partial charge in [-0.2, -0.15) is 15.2 Å². The average molecular weight is 685 g/mol. The Labute approximate surface area is 286 Å². The predicted octanol–water partition coefficient (Wildman–Crippen LogP) is 5.53.